The van der Waals surface area contributed by atoms with Gasteiger partial charge in [0.1, 0.15) is 5.82 Å². The smallest absolute Gasteiger partial charge is 0.229 e. The summed E-state index contributed by atoms with van der Waals surface area (Å²) in [7, 11) is 1.87. The van der Waals surface area contributed by atoms with Crippen LogP contribution in [0.5, 0.6) is 0 Å². The minimum Gasteiger partial charge on any atom is -0.355 e. The lowest BCUT2D eigenvalue weighted by molar-refractivity contribution is -0.120. The number of nitrogens with zero attached hydrogens (tertiary/aromatic N) is 6. The van der Waals surface area contributed by atoms with Gasteiger partial charge in [0.05, 0.1) is 17.5 Å². The molecule has 4 aromatic rings. The molecule has 0 saturated carbocycles. The number of para-hydroxylation sites is 1. The summed E-state index contributed by atoms with van der Waals surface area (Å²) in [5.41, 5.74) is 2.43. The molecule has 0 aliphatic carbocycles. The number of anilines is 2. The van der Waals surface area contributed by atoms with Crippen molar-refractivity contribution in [3.05, 3.63) is 61.1 Å². The predicted molar refractivity (Wildman–Crippen MR) is 120 cm³/mol. The maximum Gasteiger partial charge on any atom is 0.229 e. The van der Waals surface area contributed by atoms with Crippen LogP contribution >= 0.6 is 0 Å². The Hall–Kier alpha value is -3.81. The van der Waals surface area contributed by atoms with E-state index in [1.165, 1.54) is 0 Å². The lowest BCUT2D eigenvalue weighted by atomic mass is 9.97. The van der Waals surface area contributed by atoms with Gasteiger partial charge in [-0.25, -0.2) is 9.97 Å². The summed E-state index contributed by atoms with van der Waals surface area (Å²) in [5, 5.41) is 8.32. The van der Waals surface area contributed by atoms with Gasteiger partial charge in [0, 0.05) is 43.8 Å². The van der Waals surface area contributed by atoms with Crippen molar-refractivity contribution in [3.8, 4) is 11.4 Å². The van der Waals surface area contributed by atoms with E-state index in [9.17, 15) is 4.79 Å². The van der Waals surface area contributed by atoms with Crippen molar-refractivity contribution in [1.29, 1.82) is 0 Å². The molecule has 1 aliphatic rings. The van der Waals surface area contributed by atoms with E-state index in [-0.39, 0.29) is 11.8 Å². The first kappa shape index (κ1) is 19.2. The molecule has 8 heteroatoms. The molecule has 0 unspecified atom stereocenters. The quantitative estimate of drug-likeness (QED) is 0.552. The molecule has 1 saturated heterocycles. The third-order valence-corrected chi connectivity index (χ3v) is 5.62. The van der Waals surface area contributed by atoms with Gasteiger partial charge in [0.25, 0.3) is 0 Å². The Morgan fingerprint density at radius 2 is 1.97 bits per heavy atom. The summed E-state index contributed by atoms with van der Waals surface area (Å²) in [6, 6.07) is 13.4. The fraction of sp³-hybridized carbons (Fsp3) is 0.261. The van der Waals surface area contributed by atoms with Gasteiger partial charge in [-0.3, -0.25) is 14.5 Å². The number of fused-ring (bicyclic) bond motifs is 1. The number of benzene rings is 1. The highest BCUT2D eigenvalue weighted by molar-refractivity contribution is 5.94. The standard InChI is InChI=1S/C23H23N7O/c1-29-21-19(14-25-29)22(28-20(27-21)16-7-5-11-24-13-16)30-12-6-8-17(15-30)23(31)26-18-9-3-2-4-10-18/h2-5,7,9-11,13-14,17H,6,8,12,15H2,1H3,(H,26,31)/t17-/m1/s1. The van der Waals surface area contributed by atoms with Crippen molar-refractivity contribution in [1.82, 2.24) is 24.7 Å². The second-order valence-corrected chi connectivity index (χ2v) is 7.76. The summed E-state index contributed by atoms with van der Waals surface area (Å²) in [5.74, 6) is 1.35. The molecular weight excluding hydrogens is 390 g/mol. The number of nitrogens with one attached hydrogen (secondary N) is 1. The highest BCUT2D eigenvalue weighted by Gasteiger charge is 2.28. The molecule has 0 bridgehead atoms. The molecule has 1 aliphatic heterocycles. The molecule has 1 fully saturated rings. The van der Waals surface area contributed by atoms with Crippen molar-refractivity contribution in [3.63, 3.8) is 0 Å². The number of aromatic nitrogens is 5. The number of piperidine rings is 1. The summed E-state index contributed by atoms with van der Waals surface area (Å²) in [6.45, 7) is 1.44. The third kappa shape index (κ3) is 3.84. The Balaban J connectivity index is 1.46. The molecule has 1 N–H and O–H groups in total. The van der Waals surface area contributed by atoms with Gasteiger partial charge in [-0.1, -0.05) is 18.2 Å². The minimum absolute atomic E-state index is 0.0415. The second kappa shape index (κ2) is 8.14. The van der Waals surface area contributed by atoms with Crippen LogP contribution in [-0.4, -0.2) is 43.7 Å². The van der Waals surface area contributed by atoms with E-state index in [1.807, 2.05) is 49.5 Å². The minimum atomic E-state index is -0.113. The Morgan fingerprint density at radius 1 is 1.10 bits per heavy atom. The van der Waals surface area contributed by atoms with Crippen LogP contribution in [0.3, 0.4) is 0 Å². The second-order valence-electron chi connectivity index (χ2n) is 7.76. The van der Waals surface area contributed by atoms with E-state index in [2.05, 4.69) is 20.3 Å². The maximum absolute atomic E-state index is 12.9. The van der Waals surface area contributed by atoms with E-state index < -0.39 is 0 Å². The summed E-state index contributed by atoms with van der Waals surface area (Å²) >= 11 is 0. The van der Waals surface area contributed by atoms with Crippen molar-refractivity contribution < 1.29 is 4.79 Å². The molecule has 1 atom stereocenters. The Morgan fingerprint density at radius 3 is 2.77 bits per heavy atom. The maximum atomic E-state index is 12.9. The summed E-state index contributed by atoms with van der Waals surface area (Å²) in [4.78, 5) is 28.9. The van der Waals surface area contributed by atoms with E-state index in [1.54, 1.807) is 23.3 Å². The average molecular weight is 413 g/mol. The molecule has 4 heterocycles. The summed E-state index contributed by atoms with van der Waals surface area (Å²) in [6.07, 6.45) is 7.05. The van der Waals surface area contributed by atoms with Gasteiger partial charge in [-0.15, -0.1) is 0 Å². The molecule has 0 spiro atoms. The average Bonchev–Trinajstić information content (AvgIpc) is 3.20. The van der Waals surface area contributed by atoms with Gasteiger partial charge in [0.15, 0.2) is 11.5 Å². The molecule has 31 heavy (non-hydrogen) atoms. The zero-order valence-electron chi connectivity index (χ0n) is 17.3. The highest BCUT2D eigenvalue weighted by Crippen LogP contribution is 2.30. The normalized spacial score (nSPS) is 16.4. The van der Waals surface area contributed by atoms with Gasteiger partial charge >= 0.3 is 0 Å². The first-order valence-electron chi connectivity index (χ1n) is 10.4. The van der Waals surface area contributed by atoms with Gasteiger partial charge in [0.2, 0.25) is 5.91 Å². The van der Waals surface area contributed by atoms with Crippen LogP contribution in [0.4, 0.5) is 11.5 Å². The molecule has 0 radical (unpaired) electrons. The highest BCUT2D eigenvalue weighted by atomic mass is 16.1. The van der Waals surface area contributed by atoms with Crippen LogP contribution < -0.4 is 10.2 Å². The van der Waals surface area contributed by atoms with Crippen LogP contribution in [0.2, 0.25) is 0 Å². The molecular formula is C23H23N7O. The van der Waals surface area contributed by atoms with Gasteiger partial charge in [-0.2, -0.15) is 5.10 Å². The van der Waals surface area contributed by atoms with Gasteiger partial charge < -0.3 is 10.2 Å². The van der Waals surface area contributed by atoms with E-state index in [0.29, 0.717) is 12.4 Å². The first-order valence-corrected chi connectivity index (χ1v) is 10.4. The van der Waals surface area contributed by atoms with Crippen LogP contribution in [0.1, 0.15) is 12.8 Å². The molecule has 156 valence electrons. The fourth-order valence-electron chi connectivity index (χ4n) is 4.02. The van der Waals surface area contributed by atoms with Crippen molar-refractivity contribution >= 4 is 28.4 Å². The molecule has 3 aromatic heterocycles. The number of rotatable bonds is 4. The number of amides is 1. The monoisotopic (exact) mass is 413 g/mol. The third-order valence-electron chi connectivity index (χ3n) is 5.62. The number of hydrogen-bond acceptors (Lipinski definition) is 6. The predicted octanol–water partition coefficient (Wildman–Crippen LogP) is 3.28. The number of carbonyl (C=O) groups excluding carboxylic acids is 1. The largest absolute Gasteiger partial charge is 0.355 e. The van der Waals surface area contributed by atoms with Crippen molar-refractivity contribution in [2.75, 3.05) is 23.3 Å². The Labute approximate surface area is 180 Å². The Kier molecular flexibility index (Phi) is 5.03. The molecule has 1 aromatic carbocycles. The molecule has 8 nitrogen and oxygen atoms in total. The summed E-state index contributed by atoms with van der Waals surface area (Å²) < 4.78 is 1.75. The Bertz CT molecular complexity index is 1210. The van der Waals surface area contributed by atoms with E-state index in [4.69, 9.17) is 9.97 Å². The number of pyridine rings is 1. The topological polar surface area (TPSA) is 88.8 Å². The van der Waals surface area contributed by atoms with E-state index >= 15 is 0 Å². The molecule has 1 amide bonds. The SMILES string of the molecule is Cn1ncc2c(N3CCC[C@@H](C(=O)Nc4ccccc4)C3)nc(-c3cccnc3)nc21. The number of hydrogen-bond donors (Lipinski definition) is 1. The van der Waals surface area contributed by atoms with Crippen LogP contribution in [-0.2, 0) is 11.8 Å². The molecule has 5 rings (SSSR count). The van der Waals surface area contributed by atoms with Crippen LogP contribution in [0.25, 0.3) is 22.4 Å². The van der Waals surface area contributed by atoms with Crippen molar-refractivity contribution in [2.24, 2.45) is 13.0 Å². The van der Waals surface area contributed by atoms with Crippen molar-refractivity contribution in [2.45, 2.75) is 12.8 Å². The lowest BCUT2D eigenvalue weighted by Gasteiger charge is -2.33. The van der Waals surface area contributed by atoms with Crippen LogP contribution in [0, 0.1) is 5.92 Å². The zero-order valence-corrected chi connectivity index (χ0v) is 17.3. The number of carbonyl (C=O) groups is 1. The fourth-order valence-corrected chi connectivity index (χ4v) is 4.02. The zero-order chi connectivity index (χ0) is 21.2. The lowest BCUT2D eigenvalue weighted by Crippen LogP contribution is -2.41. The van der Waals surface area contributed by atoms with Crippen LogP contribution in [0.15, 0.2) is 61.1 Å². The van der Waals surface area contributed by atoms with Gasteiger partial charge in [-0.05, 0) is 37.1 Å². The first-order chi connectivity index (χ1) is 15.2. The number of aryl methyl sites for hydroxylation is 1. The van der Waals surface area contributed by atoms with E-state index in [0.717, 1.165) is 47.5 Å².